The Morgan fingerprint density at radius 3 is 2.79 bits per heavy atom. The van der Waals surface area contributed by atoms with E-state index in [1.807, 2.05) is 18.2 Å². The monoisotopic (exact) mass is 330 g/mol. The van der Waals surface area contributed by atoms with Crippen LogP contribution in [0.4, 0.5) is 0 Å². The molecular formula is C18H22N2O4. The first-order valence-corrected chi connectivity index (χ1v) is 8.06. The van der Waals surface area contributed by atoms with Gasteiger partial charge in [0.05, 0.1) is 25.9 Å². The Balaban J connectivity index is 1.67. The molecule has 1 saturated heterocycles. The Morgan fingerprint density at radius 1 is 1.25 bits per heavy atom. The fraction of sp³-hybridized carbons (Fsp3) is 0.389. The lowest BCUT2D eigenvalue weighted by molar-refractivity contribution is 0.0383. The van der Waals surface area contributed by atoms with Crippen molar-refractivity contribution in [2.24, 2.45) is 0 Å². The predicted molar refractivity (Wildman–Crippen MR) is 91.8 cm³/mol. The fourth-order valence-corrected chi connectivity index (χ4v) is 2.82. The highest BCUT2D eigenvalue weighted by Crippen LogP contribution is 2.27. The van der Waals surface area contributed by atoms with Gasteiger partial charge in [-0.25, -0.2) is 0 Å². The van der Waals surface area contributed by atoms with Crippen molar-refractivity contribution in [3.63, 3.8) is 0 Å². The Labute approximate surface area is 141 Å². The van der Waals surface area contributed by atoms with Crippen molar-refractivity contribution < 1.29 is 19.4 Å². The number of phenolic OH excluding ortho intramolecular Hbond substituents is 1. The second-order valence-electron chi connectivity index (χ2n) is 5.79. The lowest BCUT2D eigenvalue weighted by atomic mass is 10.0. The van der Waals surface area contributed by atoms with E-state index in [0.29, 0.717) is 12.3 Å². The van der Waals surface area contributed by atoms with E-state index in [2.05, 4.69) is 10.2 Å². The highest BCUT2D eigenvalue weighted by atomic mass is 16.5. The summed E-state index contributed by atoms with van der Waals surface area (Å²) in [4.78, 5) is 14.6. The highest BCUT2D eigenvalue weighted by Gasteiger charge is 2.14. The number of amides is 1. The first-order valence-electron chi connectivity index (χ1n) is 8.06. The summed E-state index contributed by atoms with van der Waals surface area (Å²) in [6.45, 7) is 4.56. The zero-order valence-electron chi connectivity index (χ0n) is 13.7. The molecule has 24 heavy (non-hydrogen) atoms. The molecule has 0 aromatic heterocycles. The fourth-order valence-electron chi connectivity index (χ4n) is 2.82. The second kappa shape index (κ2) is 7.51. The van der Waals surface area contributed by atoms with E-state index in [1.54, 1.807) is 19.2 Å². The smallest absolute Gasteiger partial charge is 0.255 e. The number of ether oxygens (including phenoxy) is 2. The third kappa shape index (κ3) is 3.77. The standard InChI is InChI=1S/C18H22N2O4/c1-23-15-3-2-13-12-17(21)16(11-14(13)10-15)18(22)19-4-5-20-6-8-24-9-7-20/h2-3,10-12,21H,4-9H2,1H3,(H,19,22). The number of morpholine rings is 1. The van der Waals surface area contributed by atoms with Crippen LogP contribution in [0.25, 0.3) is 10.8 Å². The van der Waals surface area contributed by atoms with E-state index in [0.717, 1.165) is 43.6 Å². The van der Waals surface area contributed by atoms with Crippen LogP contribution in [0, 0.1) is 0 Å². The highest BCUT2D eigenvalue weighted by molar-refractivity contribution is 6.01. The van der Waals surface area contributed by atoms with Crippen LogP contribution in [0.15, 0.2) is 30.3 Å². The largest absolute Gasteiger partial charge is 0.507 e. The zero-order valence-corrected chi connectivity index (χ0v) is 13.7. The molecule has 6 nitrogen and oxygen atoms in total. The molecule has 3 rings (SSSR count). The lowest BCUT2D eigenvalue weighted by Crippen LogP contribution is -2.41. The van der Waals surface area contributed by atoms with E-state index in [4.69, 9.17) is 9.47 Å². The normalized spacial score (nSPS) is 15.4. The number of methoxy groups -OCH3 is 1. The summed E-state index contributed by atoms with van der Waals surface area (Å²) in [5, 5.41) is 14.7. The quantitative estimate of drug-likeness (QED) is 0.872. The number of nitrogens with zero attached hydrogens (tertiary/aromatic N) is 1. The number of carbonyl (C=O) groups is 1. The van der Waals surface area contributed by atoms with Crippen molar-refractivity contribution in [1.82, 2.24) is 10.2 Å². The third-order valence-corrected chi connectivity index (χ3v) is 4.22. The molecule has 0 radical (unpaired) electrons. The topological polar surface area (TPSA) is 71.0 Å². The van der Waals surface area contributed by atoms with Gasteiger partial charge in [0.25, 0.3) is 5.91 Å². The number of phenols is 1. The summed E-state index contributed by atoms with van der Waals surface area (Å²) in [5.41, 5.74) is 0.276. The number of nitrogens with one attached hydrogen (secondary N) is 1. The zero-order chi connectivity index (χ0) is 16.9. The minimum Gasteiger partial charge on any atom is -0.507 e. The number of aromatic hydroxyl groups is 1. The van der Waals surface area contributed by atoms with E-state index in [9.17, 15) is 9.90 Å². The van der Waals surface area contributed by atoms with Crippen LogP contribution in [-0.2, 0) is 4.74 Å². The van der Waals surface area contributed by atoms with E-state index >= 15 is 0 Å². The Kier molecular flexibility index (Phi) is 5.17. The molecule has 2 aromatic carbocycles. The van der Waals surface area contributed by atoms with Gasteiger partial charge in [-0.05, 0) is 35.0 Å². The van der Waals surface area contributed by atoms with Gasteiger partial charge in [0.15, 0.2) is 0 Å². The third-order valence-electron chi connectivity index (χ3n) is 4.22. The first kappa shape index (κ1) is 16.5. The van der Waals surface area contributed by atoms with Gasteiger partial charge in [0.1, 0.15) is 11.5 Å². The molecule has 0 unspecified atom stereocenters. The Hall–Kier alpha value is -2.31. The van der Waals surface area contributed by atoms with Gasteiger partial charge in [-0.15, -0.1) is 0 Å². The van der Waals surface area contributed by atoms with Crippen molar-refractivity contribution >= 4 is 16.7 Å². The van der Waals surface area contributed by atoms with Gasteiger partial charge in [-0.3, -0.25) is 9.69 Å². The summed E-state index contributed by atoms with van der Waals surface area (Å²) in [5.74, 6) is 0.425. The molecule has 1 heterocycles. The van der Waals surface area contributed by atoms with E-state index in [1.165, 1.54) is 0 Å². The minimum atomic E-state index is -0.273. The average molecular weight is 330 g/mol. The van der Waals surface area contributed by atoms with Gasteiger partial charge in [-0.2, -0.15) is 0 Å². The molecule has 0 spiro atoms. The summed E-state index contributed by atoms with van der Waals surface area (Å²) in [7, 11) is 1.60. The first-order chi connectivity index (χ1) is 11.7. The molecule has 2 aromatic rings. The second-order valence-corrected chi connectivity index (χ2v) is 5.79. The molecular weight excluding hydrogens is 308 g/mol. The van der Waals surface area contributed by atoms with Crippen LogP contribution in [0.3, 0.4) is 0 Å². The molecule has 6 heteroatoms. The maximum absolute atomic E-state index is 12.4. The molecule has 1 amide bonds. The molecule has 0 aliphatic carbocycles. The van der Waals surface area contributed by atoms with E-state index < -0.39 is 0 Å². The van der Waals surface area contributed by atoms with Crippen molar-refractivity contribution in [3.05, 3.63) is 35.9 Å². The SMILES string of the molecule is COc1ccc2cc(O)c(C(=O)NCCN3CCOCC3)cc2c1. The molecule has 1 aliphatic heterocycles. The molecule has 128 valence electrons. The van der Waals surface area contributed by atoms with Crippen LogP contribution in [0.5, 0.6) is 11.5 Å². The molecule has 1 aliphatic rings. The van der Waals surface area contributed by atoms with Gasteiger partial charge >= 0.3 is 0 Å². The van der Waals surface area contributed by atoms with Gasteiger partial charge in [-0.1, -0.05) is 6.07 Å². The number of hydrogen-bond acceptors (Lipinski definition) is 5. The van der Waals surface area contributed by atoms with Crippen LogP contribution < -0.4 is 10.1 Å². The molecule has 1 fully saturated rings. The summed E-state index contributed by atoms with van der Waals surface area (Å²) in [6.07, 6.45) is 0. The Morgan fingerprint density at radius 2 is 2.04 bits per heavy atom. The number of hydrogen-bond donors (Lipinski definition) is 2. The van der Waals surface area contributed by atoms with Crippen molar-refractivity contribution in [1.29, 1.82) is 0 Å². The summed E-state index contributed by atoms with van der Waals surface area (Å²) < 4.78 is 10.5. The number of carbonyl (C=O) groups excluding carboxylic acids is 1. The van der Waals surface area contributed by atoms with E-state index in [-0.39, 0.29) is 17.2 Å². The molecule has 0 bridgehead atoms. The molecule has 0 saturated carbocycles. The minimum absolute atomic E-state index is 0.0171. The summed E-state index contributed by atoms with van der Waals surface area (Å²) in [6, 6.07) is 8.82. The maximum atomic E-state index is 12.4. The van der Waals surface area contributed by atoms with Crippen molar-refractivity contribution in [2.75, 3.05) is 46.5 Å². The van der Waals surface area contributed by atoms with Crippen LogP contribution in [0.2, 0.25) is 0 Å². The van der Waals surface area contributed by atoms with Gasteiger partial charge in [0.2, 0.25) is 0 Å². The number of rotatable bonds is 5. The van der Waals surface area contributed by atoms with Crippen LogP contribution in [0.1, 0.15) is 10.4 Å². The molecule has 2 N–H and O–H groups in total. The van der Waals surface area contributed by atoms with Crippen molar-refractivity contribution in [2.45, 2.75) is 0 Å². The number of benzene rings is 2. The van der Waals surface area contributed by atoms with Gasteiger partial charge < -0.3 is 19.9 Å². The maximum Gasteiger partial charge on any atom is 0.255 e. The summed E-state index contributed by atoms with van der Waals surface area (Å²) >= 11 is 0. The van der Waals surface area contributed by atoms with Gasteiger partial charge in [0, 0.05) is 26.2 Å². The number of fused-ring (bicyclic) bond motifs is 1. The predicted octanol–water partition coefficient (Wildman–Crippen LogP) is 1.62. The average Bonchev–Trinajstić information content (AvgIpc) is 2.61. The lowest BCUT2D eigenvalue weighted by Gasteiger charge is -2.26. The van der Waals surface area contributed by atoms with Crippen molar-refractivity contribution in [3.8, 4) is 11.5 Å². The van der Waals surface area contributed by atoms with Crippen LogP contribution >= 0.6 is 0 Å². The van der Waals surface area contributed by atoms with Crippen LogP contribution in [-0.4, -0.2) is 62.4 Å². The Bertz CT molecular complexity index is 726. The molecule has 0 atom stereocenters.